The Morgan fingerprint density at radius 1 is 1.21 bits per heavy atom. The van der Waals surface area contributed by atoms with E-state index >= 15 is 0 Å². The quantitative estimate of drug-likeness (QED) is 0.704. The highest BCUT2D eigenvalue weighted by molar-refractivity contribution is 5.80. The van der Waals surface area contributed by atoms with Gasteiger partial charge in [-0.25, -0.2) is 0 Å². The molecule has 0 saturated heterocycles. The molecule has 0 bridgehead atoms. The average Bonchev–Trinajstić information content (AvgIpc) is 2.78. The van der Waals surface area contributed by atoms with Crippen LogP contribution in [0, 0.1) is 40.4 Å². The summed E-state index contributed by atoms with van der Waals surface area (Å²) >= 11 is 0. The molecule has 24 heavy (non-hydrogen) atoms. The SMILES string of the molecule is CC(=O)[C@H]1[C@H](C)C[C@H]2[C@@H]3CC=C4CC(O)CC[C@]4(C)[C@H]3CC[C@@]21C. The number of rotatable bonds is 1. The van der Waals surface area contributed by atoms with Crippen LogP contribution in [-0.2, 0) is 4.79 Å². The Kier molecular flexibility index (Phi) is 3.81. The van der Waals surface area contributed by atoms with Gasteiger partial charge in [-0.15, -0.1) is 0 Å². The van der Waals surface area contributed by atoms with Gasteiger partial charge in [0.15, 0.2) is 0 Å². The molecule has 1 unspecified atom stereocenters. The summed E-state index contributed by atoms with van der Waals surface area (Å²) in [6.45, 7) is 9.04. The van der Waals surface area contributed by atoms with Crippen molar-refractivity contribution in [2.24, 2.45) is 40.4 Å². The molecule has 0 aliphatic heterocycles. The number of carbonyl (C=O) groups excluding carboxylic acids is 1. The summed E-state index contributed by atoms with van der Waals surface area (Å²) in [6, 6.07) is 0. The fraction of sp³-hybridized carbons (Fsp3) is 0.864. The van der Waals surface area contributed by atoms with Crippen molar-refractivity contribution in [2.75, 3.05) is 0 Å². The Morgan fingerprint density at radius 3 is 2.67 bits per heavy atom. The summed E-state index contributed by atoms with van der Waals surface area (Å²) in [5.41, 5.74) is 2.07. The zero-order chi connectivity index (χ0) is 17.3. The van der Waals surface area contributed by atoms with Gasteiger partial charge in [-0.2, -0.15) is 0 Å². The van der Waals surface area contributed by atoms with E-state index in [1.54, 1.807) is 5.57 Å². The zero-order valence-electron chi connectivity index (χ0n) is 15.8. The van der Waals surface area contributed by atoms with E-state index < -0.39 is 0 Å². The highest BCUT2D eigenvalue weighted by atomic mass is 16.3. The number of hydrogen-bond acceptors (Lipinski definition) is 2. The van der Waals surface area contributed by atoms with Crippen molar-refractivity contribution in [1.82, 2.24) is 0 Å². The third-order valence-electron chi connectivity index (χ3n) is 8.86. The lowest BCUT2D eigenvalue weighted by Gasteiger charge is -2.57. The van der Waals surface area contributed by atoms with Gasteiger partial charge in [0, 0.05) is 5.92 Å². The van der Waals surface area contributed by atoms with Gasteiger partial charge < -0.3 is 5.11 Å². The van der Waals surface area contributed by atoms with Crippen molar-refractivity contribution in [3.8, 4) is 0 Å². The number of allylic oxidation sites excluding steroid dienone is 1. The van der Waals surface area contributed by atoms with E-state index in [9.17, 15) is 9.90 Å². The predicted octanol–water partition coefficient (Wildman–Crippen LogP) is 4.76. The van der Waals surface area contributed by atoms with Gasteiger partial charge in [-0.3, -0.25) is 4.79 Å². The normalized spacial score (nSPS) is 53.6. The van der Waals surface area contributed by atoms with Crippen molar-refractivity contribution in [2.45, 2.75) is 78.7 Å². The molecule has 0 aromatic rings. The van der Waals surface area contributed by atoms with Gasteiger partial charge in [0.1, 0.15) is 5.78 Å². The molecular formula is C22H34O2. The van der Waals surface area contributed by atoms with Gasteiger partial charge >= 0.3 is 0 Å². The first-order valence-electron chi connectivity index (χ1n) is 10.2. The molecule has 4 rings (SSSR count). The molecule has 3 fully saturated rings. The van der Waals surface area contributed by atoms with Crippen LogP contribution in [0.25, 0.3) is 0 Å². The molecule has 0 aromatic carbocycles. The first-order chi connectivity index (χ1) is 11.3. The molecule has 0 spiro atoms. The predicted molar refractivity (Wildman–Crippen MR) is 96.4 cm³/mol. The molecule has 1 N–H and O–H groups in total. The molecule has 0 amide bonds. The molecule has 4 aliphatic carbocycles. The summed E-state index contributed by atoms with van der Waals surface area (Å²) in [4.78, 5) is 12.4. The summed E-state index contributed by atoms with van der Waals surface area (Å²) in [5.74, 6) is 3.46. The first-order valence-corrected chi connectivity index (χ1v) is 10.2. The molecule has 4 aliphatic rings. The first kappa shape index (κ1) is 16.8. The van der Waals surface area contributed by atoms with Gasteiger partial charge in [0.25, 0.3) is 0 Å². The Bertz CT molecular complexity index is 579. The van der Waals surface area contributed by atoms with Crippen LogP contribution >= 0.6 is 0 Å². The number of carbonyl (C=O) groups is 1. The standard InChI is InChI=1S/C22H34O2/c1-13-11-19-17-6-5-15-12-16(24)7-9-21(15,3)18(17)8-10-22(19,4)20(13)14(2)23/h5,13,16-20,24H,6-12H2,1-4H3/t13-,16?,17-,18+,19+,20-,21+,22+/m1/s1. The summed E-state index contributed by atoms with van der Waals surface area (Å²) in [6.07, 6.45) is 10.3. The Labute approximate surface area is 147 Å². The van der Waals surface area contributed by atoms with Gasteiger partial charge in [0.2, 0.25) is 0 Å². The second-order valence-corrected chi connectivity index (χ2v) is 10.0. The Hall–Kier alpha value is -0.630. The maximum Gasteiger partial charge on any atom is 0.133 e. The molecule has 8 atom stereocenters. The van der Waals surface area contributed by atoms with E-state index in [0.717, 1.165) is 31.1 Å². The molecule has 2 nitrogen and oxygen atoms in total. The van der Waals surface area contributed by atoms with Gasteiger partial charge in [-0.1, -0.05) is 32.4 Å². The summed E-state index contributed by atoms with van der Waals surface area (Å²) < 4.78 is 0. The lowest BCUT2D eigenvalue weighted by molar-refractivity contribution is -0.128. The average molecular weight is 331 g/mol. The molecule has 3 saturated carbocycles. The van der Waals surface area contributed by atoms with Crippen molar-refractivity contribution < 1.29 is 9.90 Å². The molecule has 0 radical (unpaired) electrons. The monoisotopic (exact) mass is 330 g/mol. The number of aliphatic hydroxyl groups excluding tert-OH is 1. The van der Waals surface area contributed by atoms with Gasteiger partial charge in [0.05, 0.1) is 6.10 Å². The Balaban J connectivity index is 1.68. The summed E-state index contributed by atoms with van der Waals surface area (Å²) in [5, 5.41) is 10.1. The fourth-order valence-electron chi connectivity index (χ4n) is 7.87. The number of fused-ring (bicyclic) bond motifs is 5. The van der Waals surface area contributed by atoms with Crippen LogP contribution in [0.3, 0.4) is 0 Å². The van der Waals surface area contributed by atoms with E-state index in [1.807, 2.05) is 6.92 Å². The third kappa shape index (κ3) is 2.14. The van der Waals surface area contributed by atoms with Crippen LogP contribution < -0.4 is 0 Å². The maximum absolute atomic E-state index is 12.4. The smallest absolute Gasteiger partial charge is 0.133 e. The van der Waals surface area contributed by atoms with Crippen LogP contribution in [0.1, 0.15) is 72.6 Å². The fourth-order valence-corrected chi connectivity index (χ4v) is 7.87. The molecule has 134 valence electrons. The molecule has 2 heteroatoms. The minimum atomic E-state index is -0.122. The number of Topliss-reactive ketones (excluding diaryl/α,β-unsaturated/α-hetero) is 1. The van der Waals surface area contributed by atoms with Gasteiger partial charge in [-0.05, 0) is 86.4 Å². The lowest BCUT2D eigenvalue weighted by Crippen LogP contribution is -2.51. The second kappa shape index (κ2) is 5.43. The van der Waals surface area contributed by atoms with Crippen molar-refractivity contribution in [3.05, 3.63) is 11.6 Å². The van der Waals surface area contributed by atoms with Crippen molar-refractivity contribution in [1.29, 1.82) is 0 Å². The molecular weight excluding hydrogens is 296 g/mol. The van der Waals surface area contributed by atoms with Crippen LogP contribution in [0.4, 0.5) is 0 Å². The van der Waals surface area contributed by atoms with E-state index in [-0.39, 0.29) is 17.4 Å². The topological polar surface area (TPSA) is 37.3 Å². The Morgan fingerprint density at radius 2 is 1.96 bits per heavy atom. The third-order valence-corrected chi connectivity index (χ3v) is 8.86. The van der Waals surface area contributed by atoms with E-state index in [1.165, 1.54) is 25.7 Å². The van der Waals surface area contributed by atoms with Crippen LogP contribution in [-0.4, -0.2) is 17.0 Å². The minimum absolute atomic E-state index is 0.122. The summed E-state index contributed by atoms with van der Waals surface area (Å²) in [7, 11) is 0. The number of ketones is 1. The molecule has 0 aromatic heterocycles. The molecule has 0 heterocycles. The highest BCUT2D eigenvalue weighted by Gasteiger charge is 2.61. The van der Waals surface area contributed by atoms with Crippen LogP contribution in [0.5, 0.6) is 0 Å². The van der Waals surface area contributed by atoms with Crippen LogP contribution in [0.15, 0.2) is 11.6 Å². The maximum atomic E-state index is 12.4. The number of hydrogen-bond donors (Lipinski definition) is 1. The van der Waals surface area contributed by atoms with E-state index in [2.05, 4.69) is 26.8 Å². The van der Waals surface area contributed by atoms with Crippen molar-refractivity contribution >= 4 is 5.78 Å². The largest absolute Gasteiger partial charge is 0.393 e. The number of aliphatic hydroxyl groups is 1. The van der Waals surface area contributed by atoms with E-state index in [4.69, 9.17) is 0 Å². The van der Waals surface area contributed by atoms with E-state index in [0.29, 0.717) is 23.0 Å². The lowest BCUT2D eigenvalue weighted by atomic mass is 9.47. The second-order valence-electron chi connectivity index (χ2n) is 10.0. The highest BCUT2D eigenvalue weighted by Crippen LogP contribution is 2.67. The zero-order valence-corrected chi connectivity index (χ0v) is 15.8. The van der Waals surface area contributed by atoms with Crippen LogP contribution in [0.2, 0.25) is 0 Å². The van der Waals surface area contributed by atoms with Crippen molar-refractivity contribution in [3.63, 3.8) is 0 Å². The minimum Gasteiger partial charge on any atom is -0.393 e.